The van der Waals surface area contributed by atoms with Crippen LogP contribution in [-0.4, -0.2) is 15.1 Å². The average Bonchev–Trinajstić information content (AvgIpc) is 2.87. The highest BCUT2D eigenvalue weighted by atomic mass is 79.9. The number of rotatable bonds is 2. The lowest BCUT2D eigenvalue weighted by molar-refractivity contribution is 0.452. The third kappa shape index (κ3) is 2.66. The summed E-state index contributed by atoms with van der Waals surface area (Å²) in [5.41, 5.74) is 0.227. The Bertz CT molecular complexity index is 871. The van der Waals surface area contributed by atoms with E-state index >= 15 is 0 Å². The molecule has 0 saturated carbocycles. The van der Waals surface area contributed by atoms with E-state index < -0.39 is 5.56 Å². The van der Waals surface area contributed by atoms with Crippen molar-refractivity contribution >= 4 is 31.9 Å². The van der Waals surface area contributed by atoms with Crippen molar-refractivity contribution in [2.75, 3.05) is 0 Å². The minimum absolute atomic E-state index is 0.108. The number of aromatic amines is 1. The van der Waals surface area contributed by atoms with Gasteiger partial charge >= 0.3 is 0 Å². The number of aromatic nitrogens is 2. The molecule has 0 bridgehead atoms. The summed E-state index contributed by atoms with van der Waals surface area (Å²) >= 11 is 6.52. The Morgan fingerprint density at radius 1 is 1.14 bits per heavy atom. The van der Waals surface area contributed by atoms with Gasteiger partial charge in [0, 0.05) is 10.0 Å². The van der Waals surface area contributed by atoms with E-state index in [0.717, 1.165) is 0 Å². The van der Waals surface area contributed by atoms with Crippen molar-refractivity contribution in [3.05, 3.63) is 55.9 Å². The number of hydrogen-bond donors (Lipinski definition) is 2. The third-order valence-corrected chi connectivity index (χ3v) is 3.97. The van der Waals surface area contributed by atoms with E-state index in [1.807, 2.05) is 6.07 Å². The second-order valence-electron chi connectivity index (χ2n) is 4.20. The Balaban J connectivity index is 2.18. The van der Waals surface area contributed by atoms with Gasteiger partial charge in [-0.05, 0) is 34.1 Å². The average molecular weight is 412 g/mol. The third-order valence-electron chi connectivity index (χ3n) is 2.85. The Kier molecular flexibility index (Phi) is 3.69. The lowest BCUT2D eigenvalue weighted by atomic mass is 10.1. The first kappa shape index (κ1) is 14.1. The van der Waals surface area contributed by atoms with Crippen LogP contribution < -0.4 is 5.56 Å². The smallest absolute Gasteiger partial charge is 0.263 e. The van der Waals surface area contributed by atoms with Crippen molar-refractivity contribution < 1.29 is 9.52 Å². The second-order valence-corrected chi connectivity index (χ2v) is 5.83. The maximum Gasteiger partial charge on any atom is 0.263 e. The van der Waals surface area contributed by atoms with Crippen molar-refractivity contribution in [1.29, 1.82) is 0 Å². The Labute approximate surface area is 135 Å². The number of nitrogens with one attached hydrogen (secondary N) is 1. The molecule has 2 N–H and O–H groups in total. The van der Waals surface area contributed by atoms with Crippen LogP contribution in [0.1, 0.15) is 0 Å². The normalized spacial score (nSPS) is 10.8. The van der Waals surface area contributed by atoms with E-state index in [2.05, 4.69) is 41.8 Å². The van der Waals surface area contributed by atoms with Crippen molar-refractivity contribution in [2.24, 2.45) is 0 Å². The molecule has 0 spiro atoms. The number of benzene rings is 1. The molecule has 2 aromatic heterocycles. The topological polar surface area (TPSA) is 79.1 Å². The lowest BCUT2D eigenvalue weighted by Gasteiger charge is -2.06. The first-order valence-electron chi connectivity index (χ1n) is 5.90. The highest BCUT2D eigenvalue weighted by molar-refractivity contribution is 9.10. The van der Waals surface area contributed by atoms with Gasteiger partial charge in [0.2, 0.25) is 5.88 Å². The molecule has 5 nitrogen and oxygen atoms in total. The summed E-state index contributed by atoms with van der Waals surface area (Å²) in [5.74, 6) is 0.167. The first-order chi connectivity index (χ1) is 10.1. The van der Waals surface area contributed by atoms with Crippen LogP contribution in [0.25, 0.3) is 22.7 Å². The van der Waals surface area contributed by atoms with Crippen LogP contribution in [0.15, 0.2) is 54.8 Å². The summed E-state index contributed by atoms with van der Waals surface area (Å²) in [5, 5.41) is 10.1. The molecule has 3 rings (SSSR count). The molecule has 1 aromatic carbocycles. The fraction of sp³-hybridized carbons (Fsp3) is 0. The molecule has 0 aliphatic carbocycles. The predicted molar refractivity (Wildman–Crippen MR) is 85.1 cm³/mol. The fourth-order valence-electron chi connectivity index (χ4n) is 1.93. The molecule has 0 fully saturated rings. The van der Waals surface area contributed by atoms with Crippen LogP contribution >= 0.6 is 31.9 Å². The number of H-pyrrole nitrogens is 1. The predicted octanol–water partition coefficient (Wildman–Crippen LogP) is 3.93. The summed E-state index contributed by atoms with van der Waals surface area (Å²) in [4.78, 5) is 18.9. The minimum atomic E-state index is -0.447. The van der Waals surface area contributed by atoms with Crippen molar-refractivity contribution in [3.63, 3.8) is 0 Å². The minimum Gasteiger partial charge on any atom is -0.493 e. The van der Waals surface area contributed by atoms with E-state index in [0.29, 0.717) is 20.5 Å². The number of halogens is 2. The molecular formula is C14H8Br2N2O3. The molecule has 0 unspecified atom stereocenters. The van der Waals surface area contributed by atoms with E-state index in [1.54, 1.807) is 30.3 Å². The van der Waals surface area contributed by atoms with Gasteiger partial charge in [-0.2, -0.15) is 4.98 Å². The molecule has 7 heteroatoms. The van der Waals surface area contributed by atoms with Crippen LogP contribution in [0, 0.1) is 0 Å². The van der Waals surface area contributed by atoms with Crippen molar-refractivity contribution in [3.8, 4) is 28.6 Å². The molecule has 0 aliphatic rings. The van der Waals surface area contributed by atoms with Gasteiger partial charge in [0.15, 0.2) is 16.3 Å². The molecule has 0 radical (unpaired) electrons. The summed E-state index contributed by atoms with van der Waals surface area (Å²) in [7, 11) is 0. The second kappa shape index (κ2) is 5.50. The van der Waals surface area contributed by atoms with Gasteiger partial charge < -0.3 is 14.5 Å². The number of furan rings is 1. The van der Waals surface area contributed by atoms with Gasteiger partial charge in [0.1, 0.15) is 5.56 Å². The molecule has 0 aliphatic heterocycles. The molecule has 0 saturated heterocycles. The zero-order valence-electron chi connectivity index (χ0n) is 10.4. The maximum absolute atomic E-state index is 12.3. The van der Waals surface area contributed by atoms with Gasteiger partial charge in [-0.3, -0.25) is 4.79 Å². The zero-order valence-corrected chi connectivity index (χ0v) is 13.6. The largest absolute Gasteiger partial charge is 0.493 e. The molecule has 106 valence electrons. The van der Waals surface area contributed by atoms with Gasteiger partial charge in [0.05, 0.1) is 0 Å². The Morgan fingerprint density at radius 3 is 2.52 bits per heavy atom. The number of aromatic hydroxyl groups is 1. The monoisotopic (exact) mass is 410 g/mol. The number of nitrogens with zero attached hydrogens (tertiary/aromatic N) is 1. The molecular weight excluding hydrogens is 404 g/mol. The van der Waals surface area contributed by atoms with Gasteiger partial charge in [-0.1, -0.05) is 34.1 Å². The maximum atomic E-state index is 12.3. The molecule has 21 heavy (non-hydrogen) atoms. The molecule has 2 heterocycles. The van der Waals surface area contributed by atoms with Crippen molar-refractivity contribution in [2.45, 2.75) is 0 Å². The first-order valence-corrected chi connectivity index (χ1v) is 7.49. The molecule has 0 atom stereocenters. The van der Waals surface area contributed by atoms with E-state index in [1.165, 1.54) is 0 Å². The molecule has 3 aromatic rings. The standard InChI is InChI=1S/C14H8Br2N2O3/c15-8-4-2-1-3-7(8)11-13(19)17-12(18-14(11)20)9-5-6-10(16)21-9/h1-6H,(H2,17,18,19,20). The quantitative estimate of drug-likeness (QED) is 0.669. The zero-order chi connectivity index (χ0) is 15.0. The highest BCUT2D eigenvalue weighted by Gasteiger charge is 2.17. The van der Waals surface area contributed by atoms with Gasteiger partial charge in [-0.15, -0.1) is 0 Å². The number of hydrogen-bond acceptors (Lipinski definition) is 4. The fourth-order valence-corrected chi connectivity index (χ4v) is 2.72. The summed E-state index contributed by atoms with van der Waals surface area (Å²) in [6.07, 6.45) is 0. The summed E-state index contributed by atoms with van der Waals surface area (Å²) in [6.45, 7) is 0. The van der Waals surface area contributed by atoms with E-state index in [4.69, 9.17) is 4.42 Å². The van der Waals surface area contributed by atoms with Crippen LogP contribution in [-0.2, 0) is 0 Å². The van der Waals surface area contributed by atoms with Crippen LogP contribution in [0.4, 0.5) is 0 Å². The van der Waals surface area contributed by atoms with E-state index in [-0.39, 0.29) is 17.3 Å². The Hall–Kier alpha value is -1.86. The SMILES string of the molecule is O=c1[nH]c(-c2ccc(Br)o2)nc(O)c1-c1ccccc1Br. The van der Waals surface area contributed by atoms with E-state index in [9.17, 15) is 9.90 Å². The highest BCUT2D eigenvalue weighted by Crippen LogP contribution is 2.31. The molecule has 0 amide bonds. The lowest BCUT2D eigenvalue weighted by Crippen LogP contribution is -2.12. The van der Waals surface area contributed by atoms with Crippen LogP contribution in [0.2, 0.25) is 0 Å². The van der Waals surface area contributed by atoms with Crippen LogP contribution in [0.3, 0.4) is 0 Å². The summed E-state index contributed by atoms with van der Waals surface area (Å²) in [6, 6.07) is 10.4. The Morgan fingerprint density at radius 2 is 1.90 bits per heavy atom. The van der Waals surface area contributed by atoms with Gasteiger partial charge in [-0.25, -0.2) is 0 Å². The van der Waals surface area contributed by atoms with Gasteiger partial charge in [0.25, 0.3) is 5.56 Å². The van der Waals surface area contributed by atoms with Crippen LogP contribution in [0.5, 0.6) is 5.88 Å². The van der Waals surface area contributed by atoms with Crippen molar-refractivity contribution in [1.82, 2.24) is 9.97 Å². The summed E-state index contributed by atoms with van der Waals surface area (Å²) < 4.78 is 6.52.